The smallest absolute Gasteiger partial charge is 0.397 e. The van der Waals surface area contributed by atoms with Gasteiger partial charge in [0.2, 0.25) is 0 Å². The van der Waals surface area contributed by atoms with Gasteiger partial charge in [-0.05, 0) is 12.1 Å². The van der Waals surface area contributed by atoms with Gasteiger partial charge in [0.1, 0.15) is 0 Å². The number of nitrogen functional groups attached to an aromatic ring is 1. The fourth-order valence-corrected chi connectivity index (χ4v) is 1.30. The molecule has 4 N–H and O–H groups in total. The Morgan fingerprint density at radius 3 is 2.27 bits per heavy atom. The number of halogens is 4. The molecular weight excluding hydrogens is 233 g/mol. The van der Waals surface area contributed by atoms with E-state index in [2.05, 4.69) is 0 Å². The number of anilines is 1. The molecule has 15 heavy (non-hydrogen) atoms. The highest BCUT2D eigenvalue weighted by atomic mass is 35.5. The van der Waals surface area contributed by atoms with Gasteiger partial charge in [0.05, 0.1) is 21.8 Å². The van der Waals surface area contributed by atoms with E-state index in [-0.39, 0.29) is 5.56 Å². The SMILES string of the molecule is NC(=O)c1ccc(C(F)(F)F)c(Cl)c1N. The third-order valence-corrected chi connectivity index (χ3v) is 2.16. The van der Waals surface area contributed by atoms with Gasteiger partial charge in [0.15, 0.2) is 0 Å². The number of alkyl halides is 3. The van der Waals surface area contributed by atoms with Crippen LogP contribution < -0.4 is 11.5 Å². The normalized spacial score (nSPS) is 11.5. The van der Waals surface area contributed by atoms with Crippen LogP contribution in [0.2, 0.25) is 5.02 Å². The monoisotopic (exact) mass is 238 g/mol. The van der Waals surface area contributed by atoms with Crippen LogP contribution >= 0.6 is 11.6 Å². The third-order valence-electron chi connectivity index (χ3n) is 1.75. The Kier molecular flexibility index (Phi) is 2.81. The summed E-state index contributed by atoms with van der Waals surface area (Å²) in [5.74, 6) is -0.928. The summed E-state index contributed by atoms with van der Waals surface area (Å²) in [6, 6.07) is 1.56. The quantitative estimate of drug-likeness (QED) is 0.735. The maximum Gasteiger partial charge on any atom is 0.417 e. The van der Waals surface area contributed by atoms with Crippen molar-refractivity contribution in [3.05, 3.63) is 28.3 Å². The minimum Gasteiger partial charge on any atom is -0.397 e. The molecular formula is C8H6ClF3N2O. The number of carbonyl (C=O) groups is 1. The summed E-state index contributed by atoms with van der Waals surface area (Å²) in [4.78, 5) is 10.7. The summed E-state index contributed by atoms with van der Waals surface area (Å²) >= 11 is 5.37. The molecule has 0 saturated heterocycles. The van der Waals surface area contributed by atoms with Crippen LogP contribution in [0.15, 0.2) is 12.1 Å². The van der Waals surface area contributed by atoms with Crippen LogP contribution in [0.1, 0.15) is 15.9 Å². The first kappa shape index (κ1) is 11.6. The van der Waals surface area contributed by atoms with Gasteiger partial charge >= 0.3 is 6.18 Å². The highest BCUT2D eigenvalue weighted by molar-refractivity contribution is 6.34. The molecule has 0 aliphatic rings. The van der Waals surface area contributed by atoms with Crippen LogP contribution in [0.3, 0.4) is 0 Å². The van der Waals surface area contributed by atoms with E-state index in [9.17, 15) is 18.0 Å². The van der Waals surface area contributed by atoms with E-state index in [4.69, 9.17) is 23.1 Å². The molecule has 0 unspecified atom stereocenters. The Hall–Kier alpha value is -1.43. The fourth-order valence-electron chi connectivity index (χ4n) is 1.03. The summed E-state index contributed by atoms with van der Waals surface area (Å²) < 4.78 is 36.9. The Labute approximate surface area is 87.8 Å². The zero-order valence-corrected chi connectivity index (χ0v) is 7.99. The lowest BCUT2D eigenvalue weighted by Crippen LogP contribution is -2.16. The van der Waals surface area contributed by atoms with E-state index in [0.29, 0.717) is 6.07 Å². The average molecular weight is 239 g/mol. The Morgan fingerprint density at radius 1 is 1.33 bits per heavy atom. The predicted molar refractivity (Wildman–Crippen MR) is 49.4 cm³/mol. The van der Waals surface area contributed by atoms with Gasteiger partial charge < -0.3 is 11.5 Å². The van der Waals surface area contributed by atoms with E-state index in [1.54, 1.807) is 0 Å². The second-order valence-corrected chi connectivity index (χ2v) is 3.13. The molecule has 1 aromatic carbocycles. The van der Waals surface area contributed by atoms with E-state index in [1.165, 1.54) is 0 Å². The molecule has 1 aromatic rings. The summed E-state index contributed by atoms with van der Waals surface area (Å²) in [5, 5.41) is -0.709. The molecule has 1 amide bonds. The number of carbonyl (C=O) groups excluding carboxylic acids is 1. The zero-order valence-electron chi connectivity index (χ0n) is 7.23. The maximum atomic E-state index is 12.3. The first-order chi connectivity index (χ1) is 6.75. The molecule has 0 bridgehead atoms. The number of hydrogen-bond acceptors (Lipinski definition) is 2. The van der Waals surface area contributed by atoms with Crippen molar-refractivity contribution in [3.8, 4) is 0 Å². The van der Waals surface area contributed by atoms with E-state index in [0.717, 1.165) is 6.07 Å². The number of benzene rings is 1. The molecule has 82 valence electrons. The van der Waals surface area contributed by atoms with Crippen LogP contribution in [0, 0.1) is 0 Å². The van der Waals surface area contributed by atoms with Crippen LogP contribution in [-0.2, 0) is 6.18 Å². The number of hydrogen-bond donors (Lipinski definition) is 2. The topological polar surface area (TPSA) is 69.1 Å². The molecule has 1 rings (SSSR count). The fraction of sp³-hybridized carbons (Fsp3) is 0.125. The van der Waals surface area contributed by atoms with Crippen LogP contribution in [-0.4, -0.2) is 5.91 Å². The largest absolute Gasteiger partial charge is 0.417 e. The molecule has 0 heterocycles. The lowest BCUT2D eigenvalue weighted by molar-refractivity contribution is -0.137. The van der Waals surface area contributed by atoms with Gasteiger partial charge in [0.25, 0.3) is 5.91 Å². The van der Waals surface area contributed by atoms with E-state index >= 15 is 0 Å². The zero-order chi connectivity index (χ0) is 11.8. The Balaban J connectivity index is 3.41. The Bertz CT molecular complexity index is 417. The van der Waals surface area contributed by atoms with Gasteiger partial charge in [-0.1, -0.05) is 11.6 Å². The second kappa shape index (κ2) is 3.62. The van der Waals surface area contributed by atoms with Gasteiger partial charge in [-0.25, -0.2) is 0 Å². The number of amides is 1. The van der Waals surface area contributed by atoms with Crippen molar-refractivity contribution in [3.63, 3.8) is 0 Å². The second-order valence-electron chi connectivity index (χ2n) is 2.75. The molecule has 3 nitrogen and oxygen atoms in total. The van der Waals surface area contributed by atoms with Crippen molar-refractivity contribution in [2.45, 2.75) is 6.18 Å². The maximum absolute atomic E-state index is 12.3. The molecule has 7 heteroatoms. The third kappa shape index (κ3) is 2.15. The first-order valence-corrected chi connectivity index (χ1v) is 4.08. The first-order valence-electron chi connectivity index (χ1n) is 3.70. The molecule has 0 spiro atoms. The van der Waals surface area contributed by atoms with Crippen molar-refractivity contribution in [1.82, 2.24) is 0 Å². The minimum atomic E-state index is -4.61. The number of rotatable bonds is 1. The van der Waals surface area contributed by atoms with Gasteiger partial charge in [-0.3, -0.25) is 4.79 Å². The average Bonchev–Trinajstić information content (AvgIpc) is 2.06. The van der Waals surface area contributed by atoms with Crippen molar-refractivity contribution in [1.29, 1.82) is 0 Å². The highest BCUT2D eigenvalue weighted by Gasteiger charge is 2.34. The summed E-state index contributed by atoms with van der Waals surface area (Å²) in [5.41, 5.74) is 8.35. The predicted octanol–water partition coefficient (Wildman–Crippen LogP) is 2.04. The summed E-state index contributed by atoms with van der Waals surface area (Å²) in [7, 11) is 0. The Morgan fingerprint density at radius 2 is 1.87 bits per heavy atom. The summed E-state index contributed by atoms with van der Waals surface area (Å²) in [6.07, 6.45) is -4.61. The highest BCUT2D eigenvalue weighted by Crippen LogP contribution is 2.38. The van der Waals surface area contributed by atoms with Gasteiger partial charge in [-0.2, -0.15) is 13.2 Å². The van der Waals surface area contributed by atoms with Crippen molar-refractivity contribution in [2.75, 3.05) is 5.73 Å². The molecule has 0 aliphatic heterocycles. The molecule has 0 atom stereocenters. The van der Waals surface area contributed by atoms with E-state index < -0.39 is 28.4 Å². The van der Waals surface area contributed by atoms with Crippen molar-refractivity contribution >= 4 is 23.2 Å². The molecule has 0 saturated carbocycles. The van der Waals surface area contributed by atoms with Crippen molar-refractivity contribution in [2.24, 2.45) is 5.73 Å². The molecule has 0 aliphatic carbocycles. The van der Waals surface area contributed by atoms with Crippen LogP contribution in [0.25, 0.3) is 0 Å². The van der Waals surface area contributed by atoms with Crippen LogP contribution in [0.4, 0.5) is 18.9 Å². The van der Waals surface area contributed by atoms with Crippen molar-refractivity contribution < 1.29 is 18.0 Å². The summed E-state index contributed by atoms with van der Waals surface area (Å²) in [6.45, 7) is 0. The molecule has 0 radical (unpaired) electrons. The van der Waals surface area contributed by atoms with Crippen LogP contribution in [0.5, 0.6) is 0 Å². The molecule has 0 aromatic heterocycles. The molecule has 0 fully saturated rings. The van der Waals surface area contributed by atoms with Gasteiger partial charge in [0, 0.05) is 0 Å². The standard InChI is InChI=1S/C8H6ClF3N2O/c9-5-4(8(10,11)12)2-1-3(6(5)13)7(14)15/h1-2H,13H2,(H2,14,15). The minimum absolute atomic E-state index is 0.229. The lowest BCUT2D eigenvalue weighted by Gasteiger charge is -2.12. The number of nitrogens with two attached hydrogens (primary N) is 2. The van der Waals surface area contributed by atoms with E-state index in [1.807, 2.05) is 0 Å². The lowest BCUT2D eigenvalue weighted by atomic mass is 10.1. The van der Waals surface area contributed by atoms with Gasteiger partial charge in [-0.15, -0.1) is 0 Å². The number of primary amides is 1.